The lowest BCUT2D eigenvalue weighted by Gasteiger charge is -2.21. The number of benzene rings is 1. The molecule has 0 radical (unpaired) electrons. The van der Waals surface area contributed by atoms with Crippen molar-refractivity contribution in [1.82, 2.24) is 20.0 Å². The summed E-state index contributed by atoms with van der Waals surface area (Å²) in [5, 5.41) is 6.47. The highest BCUT2D eigenvalue weighted by Gasteiger charge is 2.22. The first-order valence-electron chi connectivity index (χ1n) is 10.8. The molecule has 13 heteroatoms. The highest BCUT2D eigenvalue weighted by molar-refractivity contribution is 9.10. The van der Waals surface area contributed by atoms with Gasteiger partial charge in [-0.25, -0.2) is 4.98 Å². The molecule has 1 fully saturated rings. The standard InChI is InChI=1S/C23H24BrCl2N5O3.2ClH/c1-13-22(24)31-9-3-4-18(23(31)29-13)34-12-15-16(25)7-8-17(21(15)26)30(2)20(33)11-28-19(32)10-27-14-5-6-14;;/h3-4,7-9,14,27H,5-6,10-12H2,1-2H3,(H,28,32);2*1H. The molecule has 1 aliphatic carbocycles. The Balaban J connectivity index is 0.00000228. The van der Waals surface area contributed by atoms with E-state index >= 15 is 0 Å². The highest BCUT2D eigenvalue weighted by Crippen LogP contribution is 2.35. The van der Waals surface area contributed by atoms with Crippen molar-refractivity contribution in [2.45, 2.75) is 32.4 Å². The van der Waals surface area contributed by atoms with Crippen LogP contribution in [0.25, 0.3) is 5.65 Å². The van der Waals surface area contributed by atoms with Gasteiger partial charge in [0.2, 0.25) is 11.8 Å². The fraction of sp³-hybridized carbons (Fsp3) is 0.348. The van der Waals surface area contributed by atoms with Crippen LogP contribution in [-0.4, -0.2) is 47.4 Å². The molecule has 2 amide bonds. The molecular weight excluding hydrogens is 616 g/mol. The van der Waals surface area contributed by atoms with E-state index in [4.69, 9.17) is 27.9 Å². The van der Waals surface area contributed by atoms with Gasteiger partial charge in [-0.15, -0.1) is 24.8 Å². The van der Waals surface area contributed by atoms with Crippen LogP contribution < -0.4 is 20.3 Å². The molecule has 0 bridgehead atoms. The molecule has 0 saturated heterocycles. The van der Waals surface area contributed by atoms with Crippen LogP contribution in [0.5, 0.6) is 5.75 Å². The fourth-order valence-electron chi connectivity index (χ4n) is 3.38. The number of aromatic nitrogens is 2. The first-order chi connectivity index (χ1) is 16.3. The maximum atomic E-state index is 12.7. The molecular formula is C23H26BrCl4N5O3. The number of carbonyl (C=O) groups excluding carboxylic acids is 2. The second-order valence-corrected chi connectivity index (χ2v) is 9.62. The van der Waals surface area contributed by atoms with E-state index in [1.165, 1.54) is 4.90 Å². The lowest BCUT2D eigenvalue weighted by atomic mass is 10.2. The van der Waals surface area contributed by atoms with Crippen molar-refractivity contribution in [3.63, 3.8) is 0 Å². The van der Waals surface area contributed by atoms with Crippen LogP contribution in [0.1, 0.15) is 24.1 Å². The Bertz CT molecular complexity index is 1250. The van der Waals surface area contributed by atoms with Crippen molar-refractivity contribution < 1.29 is 14.3 Å². The van der Waals surface area contributed by atoms with E-state index in [1.807, 2.05) is 29.7 Å². The smallest absolute Gasteiger partial charge is 0.246 e. The molecule has 0 spiro atoms. The Labute approximate surface area is 240 Å². The number of fused-ring (bicyclic) bond motifs is 1. The zero-order valence-corrected chi connectivity index (χ0v) is 24.2. The van der Waals surface area contributed by atoms with Crippen LogP contribution >= 0.6 is 63.9 Å². The number of likely N-dealkylation sites (N-methyl/N-ethyl adjacent to an activating group) is 1. The number of pyridine rings is 1. The van der Waals surface area contributed by atoms with Gasteiger partial charge < -0.3 is 20.3 Å². The molecule has 4 rings (SSSR count). The summed E-state index contributed by atoms with van der Waals surface area (Å²) in [4.78, 5) is 30.5. The summed E-state index contributed by atoms with van der Waals surface area (Å²) in [6.45, 7) is 2.05. The van der Waals surface area contributed by atoms with E-state index in [0.717, 1.165) is 23.1 Å². The van der Waals surface area contributed by atoms with E-state index in [9.17, 15) is 9.59 Å². The summed E-state index contributed by atoms with van der Waals surface area (Å²) >= 11 is 16.6. The van der Waals surface area contributed by atoms with Crippen LogP contribution in [0.15, 0.2) is 35.1 Å². The van der Waals surface area contributed by atoms with E-state index in [1.54, 1.807) is 19.2 Å². The third kappa shape index (κ3) is 6.96. The van der Waals surface area contributed by atoms with Crippen LogP contribution in [0.2, 0.25) is 10.0 Å². The van der Waals surface area contributed by atoms with Gasteiger partial charge in [-0.3, -0.25) is 14.0 Å². The Kier molecular flexibility index (Phi) is 11.1. The van der Waals surface area contributed by atoms with Gasteiger partial charge in [0.05, 0.1) is 29.5 Å². The molecule has 2 heterocycles. The SMILES string of the molecule is Cc1nc2c(OCc3c(Cl)ccc(N(C)C(=O)CNC(=O)CNC4CC4)c3Cl)cccn2c1Br.Cl.Cl. The van der Waals surface area contributed by atoms with Gasteiger partial charge >= 0.3 is 0 Å². The van der Waals surface area contributed by atoms with Gasteiger partial charge in [0, 0.05) is 29.9 Å². The van der Waals surface area contributed by atoms with Crippen molar-refractivity contribution in [2.75, 3.05) is 25.0 Å². The number of nitrogens with zero attached hydrogens (tertiary/aromatic N) is 3. The third-order valence-electron chi connectivity index (χ3n) is 5.55. The molecule has 0 aliphatic heterocycles. The minimum Gasteiger partial charge on any atom is -0.485 e. The molecule has 36 heavy (non-hydrogen) atoms. The molecule has 2 N–H and O–H groups in total. The molecule has 1 aromatic carbocycles. The van der Waals surface area contributed by atoms with Crippen molar-refractivity contribution in [1.29, 1.82) is 0 Å². The number of aryl methyl sites for hydroxylation is 1. The summed E-state index contributed by atoms with van der Waals surface area (Å²) in [7, 11) is 1.60. The topological polar surface area (TPSA) is 88.0 Å². The van der Waals surface area contributed by atoms with Gasteiger partial charge in [-0.1, -0.05) is 23.2 Å². The number of anilines is 1. The van der Waals surface area contributed by atoms with E-state index < -0.39 is 0 Å². The Morgan fingerprint density at radius 2 is 1.94 bits per heavy atom. The Morgan fingerprint density at radius 1 is 1.22 bits per heavy atom. The van der Waals surface area contributed by atoms with Gasteiger partial charge in [0.15, 0.2) is 11.4 Å². The maximum absolute atomic E-state index is 12.7. The summed E-state index contributed by atoms with van der Waals surface area (Å²) in [5.74, 6) is 0.0408. The number of amides is 2. The lowest BCUT2D eigenvalue weighted by Crippen LogP contribution is -2.42. The monoisotopic (exact) mass is 639 g/mol. The first kappa shape index (κ1) is 30.5. The van der Waals surface area contributed by atoms with Gasteiger partial charge in [0.25, 0.3) is 0 Å². The third-order valence-corrected chi connectivity index (χ3v) is 7.29. The quantitative estimate of drug-likeness (QED) is 0.345. The number of nitrogens with one attached hydrogen (secondary N) is 2. The van der Waals surface area contributed by atoms with Crippen molar-refractivity contribution in [3.05, 3.63) is 56.4 Å². The van der Waals surface area contributed by atoms with Crippen LogP contribution in [0.4, 0.5) is 5.69 Å². The first-order valence-corrected chi connectivity index (χ1v) is 12.3. The van der Waals surface area contributed by atoms with Gasteiger partial charge in [0.1, 0.15) is 11.2 Å². The van der Waals surface area contributed by atoms with Crippen LogP contribution in [-0.2, 0) is 16.2 Å². The molecule has 2 aromatic heterocycles. The van der Waals surface area contributed by atoms with E-state index in [2.05, 4.69) is 31.5 Å². The average Bonchev–Trinajstić information content (AvgIpc) is 3.60. The number of ether oxygens (including phenoxy) is 1. The predicted molar refractivity (Wildman–Crippen MR) is 150 cm³/mol. The van der Waals surface area contributed by atoms with E-state index in [0.29, 0.717) is 38.7 Å². The minimum atomic E-state index is -0.307. The normalized spacial score (nSPS) is 12.5. The van der Waals surface area contributed by atoms with Gasteiger partial charge in [-0.05, 0) is 60.0 Å². The molecule has 0 unspecified atom stereocenters. The maximum Gasteiger partial charge on any atom is 0.246 e. The summed E-state index contributed by atoms with van der Waals surface area (Å²) in [6.07, 6.45) is 4.06. The number of rotatable bonds is 9. The molecule has 196 valence electrons. The van der Waals surface area contributed by atoms with E-state index in [-0.39, 0.29) is 56.3 Å². The Hall–Kier alpha value is -1.75. The zero-order valence-electron chi connectivity index (χ0n) is 19.5. The minimum absolute atomic E-state index is 0. The second kappa shape index (κ2) is 13.2. The molecule has 8 nitrogen and oxygen atoms in total. The zero-order chi connectivity index (χ0) is 24.4. The van der Waals surface area contributed by atoms with Crippen molar-refractivity contribution in [3.8, 4) is 5.75 Å². The molecule has 3 aromatic rings. The lowest BCUT2D eigenvalue weighted by molar-refractivity contribution is -0.124. The van der Waals surface area contributed by atoms with Crippen LogP contribution in [0.3, 0.4) is 0 Å². The van der Waals surface area contributed by atoms with Crippen LogP contribution in [0, 0.1) is 6.92 Å². The fourth-order valence-corrected chi connectivity index (χ4v) is 4.36. The summed E-state index contributed by atoms with van der Waals surface area (Å²) in [5.41, 5.74) is 2.51. The number of halogens is 5. The number of hydrogen-bond donors (Lipinski definition) is 2. The molecule has 1 saturated carbocycles. The summed E-state index contributed by atoms with van der Waals surface area (Å²) in [6, 6.07) is 7.42. The molecule has 0 atom stereocenters. The average molecular weight is 642 g/mol. The number of hydrogen-bond acceptors (Lipinski definition) is 5. The highest BCUT2D eigenvalue weighted by atomic mass is 79.9. The molecule has 1 aliphatic rings. The second-order valence-electron chi connectivity index (χ2n) is 8.09. The number of imidazole rings is 1. The predicted octanol–water partition coefficient (Wildman–Crippen LogP) is 4.97. The van der Waals surface area contributed by atoms with Crippen molar-refractivity contribution >= 4 is 87.1 Å². The van der Waals surface area contributed by atoms with Gasteiger partial charge in [-0.2, -0.15) is 0 Å². The largest absolute Gasteiger partial charge is 0.485 e. The number of carbonyl (C=O) groups is 2. The Morgan fingerprint density at radius 3 is 2.64 bits per heavy atom. The summed E-state index contributed by atoms with van der Waals surface area (Å²) < 4.78 is 8.75. The van der Waals surface area contributed by atoms with Crippen molar-refractivity contribution in [2.24, 2.45) is 0 Å².